The highest BCUT2D eigenvalue weighted by atomic mass is 79.9. The van der Waals surface area contributed by atoms with Crippen LogP contribution in [0, 0.1) is 0 Å². The zero-order valence-corrected chi connectivity index (χ0v) is 9.68. The van der Waals surface area contributed by atoms with E-state index in [9.17, 15) is 10.2 Å². The second-order valence-corrected chi connectivity index (χ2v) is 3.85. The summed E-state index contributed by atoms with van der Waals surface area (Å²) in [6.07, 6.45) is 2.71. The van der Waals surface area contributed by atoms with Crippen molar-refractivity contribution in [3.8, 4) is 0 Å². The molecule has 4 nitrogen and oxygen atoms in total. The molecule has 0 aliphatic heterocycles. The van der Waals surface area contributed by atoms with Crippen molar-refractivity contribution in [2.24, 2.45) is 0 Å². The van der Waals surface area contributed by atoms with E-state index < -0.39 is 12.2 Å². The third-order valence-electron chi connectivity index (χ3n) is 1.97. The molecular weight excluding hydrogens is 248 g/mol. The number of hydrogen-bond acceptors (Lipinski definition) is 3. The molecule has 1 heterocycles. The molecule has 80 valence electrons. The molecule has 2 N–H and O–H groups in total. The van der Waals surface area contributed by atoms with Crippen molar-refractivity contribution >= 4 is 15.9 Å². The quantitative estimate of drug-likeness (QED) is 0.781. The van der Waals surface area contributed by atoms with Gasteiger partial charge in [-0.25, -0.2) is 0 Å². The van der Waals surface area contributed by atoms with Gasteiger partial charge in [-0.1, -0.05) is 22.9 Å². The molecule has 2 unspecified atom stereocenters. The Bertz CT molecular complexity index is 278. The molecular formula is C9H15BrN2O2. The highest BCUT2D eigenvalue weighted by Gasteiger charge is 2.18. The van der Waals surface area contributed by atoms with Crippen LogP contribution in [0.3, 0.4) is 0 Å². The fourth-order valence-corrected chi connectivity index (χ4v) is 1.54. The lowest BCUT2D eigenvalue weighted by molar-refractivity contribution is 0.0342. The second kappa shape index (κ2) is 5.48. The molecule has 0 aliphatic rings. The predicted molar refractivity (Wildman–Crippen MR) is 57.3 cm³/mol. The van der Waals surface area contributed by atoms with E-state index in [2.05, 4.69) is 28.0 Å². The number of aryl methyl sites for hydroxylation is 1. The largest absolute Gasteiger partial charge is 0.389 e. The van der Waals surface area contributed by atoms with Gasteiger partial charge in [-0.2, -0.15) is 5.10 Å². The van der Waals surface area contributed by atoms with Crippen LogP contribution >= 0.6 is 15.9 Å². The molecule has 0 saturated carbocycles. The van der Waals surface area contributed by atoms with Crippen LogP contribution in [0.5, 0.6) is 0 Å². The maximum Gasteiger partial charge on any atom is 0.109 e. The lowest BCUT2D eigenvalue weighted by Crippen LogP contribution is -2.18. The molecule has 0 saturated heterocycles. The van der Waals surface area contributed by atoms with Crippen molar-refractivity contribution in [3.63, 3.8) is 0 Å². The summed E-state index contributed by atoms with van der Waals surface area (Å²) < 4.78 is 1.76. The number of alkyl halides is 1. The maximum absolute atomic E-state index is 9.64. The minimum atomic E-state index is -0.861. The second-order valence-electron chi connectivity index (χ2n) is 3.20. The van der Waals surface area contributed by atoms with Crippen molar-refractivity contribution in [3.05, 3.63) is 18.0 Å². The molecule has 0 fully saturated rings. The molecule has 1 aromatic heterocycles. The Morgan fingerprint density at radius 3 is 2.86 bits per heavy atom. The summed E-state index contributed by atoms with van der Waals surface area (Å²) in [4.78, 5) is 0. The third kappa shape index (κ3) is 2.80. The van der Waals surface area contributed by atoms with Crippen LogP contribution < -0.4 is 0 Å². The summed E-state index contributed by atoms with van der Waals surface area (Å²) >= 11 is 3.11. The first kappa shape index (κ1) is 11.7. The van der Waals surface area contributed by atoms with Crippen molar-refractivity contribution in [2.45, 2.75) is 32.1 Å². The van der Waals surface area contributed by atoms with Crippen molar-refractivity contribution in [1.82, 2.24) is 9.78 Å². The topological polar surface area (TPSA) is 58.3 Å². The van der Waals surface area contributed by atoms with E-state index in [1.165, 1.54) is 0 Å². The Balaban J connectivity index is 2.65. The minimum Gasteiger partial charge on any atom is -0.389 e. The number of rotatable bonds is 5. The van der Waals surface area contributed by atoms with Crippen molar-refractivity contribution in [2.75, 3.05) is 5.33 Å². The Morgan fingerprint density at radius 1 is 1.57 bits per heavy atom. The summed E-state index contributed by atoms with van der Waals surface area (Å²) in [5, 5.41) is 23.5. The molecule has 1 aromatic rings. The number of hydrogen-bond donors (Lipinski definition) is 2. The van der Waals surface area contributed by atoms with E-state index in [-0.39, 0.29) is 0 Å². The van der Waals surface area contributed by atoms with Gasteiger partial charge in [0.15, 0.2) is 0 Å². The van der Waals surface area contributed by atoms with Gasteiger partial charge >= 0.3 is 0 Å². The molecule has 5 heteroatoms. The summed E-state index contributed by atoms with van der Waals surface area (Å²) in [6.45, 7) is 2.89. The van der Waals surface area contributed by atoms with Crippen LogP contribution in [0.15, 0.2) is 12.4 Å². The number of aromatic nitrogens is 2. The summed E-state index contributed by atoms with van der Waals surface area (Å²) in [7, 11) is 0. The van der Waals surface area contributed by atoms with Gasteiger partial charge in [0, 0.05) is 23.6 Å². The smallest absolute Gasteiger partial charge is 0.109 e. The average Bonchev–Trinajstić information content (AvgIpc) is 2.64. The monoisotopic (exact) mass is 262 g/mol. The Kier molecular flexibility index (Phi) is 4.57. The minimum absolute atomic E-state index is 0.354. The van der Waals surface area contributed by atoms with E-state index in [1.807, 2.05) is 0 Å². The Morgan fingerprint density at radius 2 is 2.29 bits per heavy atom. The molecule has 1 rings (SSSR count). The van der Waals surface area contributed by atoms with Gasteiger partial charge in [-0.05, 0) is 6.42 Å². The van der Waals surface area contributed by atoms with Gasteiger partial charge in [-0.15, -0.1) is 0 Å². The summed E-state index contributed by atoms with van der Waals surface area (Å²) in [5.74, 6) is 0. The summed E-state index contributed by atoms with van der Waals surface area (Å²) in [6, 6.07) is 0. The predicted octanol–water partition coefficient (Wildman–Crippen LogP) is 1.08. The van der Waals surface area contributed by atoms with E-state index >= 15 is 0 Å². The number of nitrogens with zero attached hydrogens (tertiary/aromatic N) is 2. The van der Waals surface area contributed by atoms with Crippen molar-refractivity contribution in [1.29, 1.82) is 0 Å². The van der Waals surface area contributed by atoms with E-state index in [0.29, 0.717) is 10.9 Å². The highest BCUT2D eigenvalue weighted by molar-refractivity contribution is 9.09. The lowest BCUT2D eigenvalue weighted by Gasteiger charge is -2.12. The van der Waals surface area contributed by atoms with Crippen LogP contribution in [-0.2, 0) is 6.54 Å². The molecule has 0 radical (unpaired) electrons. The molecule has 0 amide bonds. The SMILES string of the molecule is CCCn1cc(C(O)C(O)CBr)cn1. The maximum atomic E-state index is 9.64. The first-order valence-electron chi connectivity index (χ1n) is 4.63. The van der Waals surface area contributed by atoms with Gasteiger partial charge in [0.05, 0.1) is 12.3 Å². The molecule has 0 spiro atoms. The highest BCUT2D eigenvalue weighted by Crippen LogP contribution is 2.17. The fourth-order valence-electron chi connectivity index (χ4n) is 1.19. The molecule has 2 atom stereocenters. The Hall–Kier alpha value is -0.390. The standard InChI is InChI=1S/C9H15BrN2O2/c1-2-3-12-6-7(5-11-12)9(14)8(13)4-10/h5-6,8-9,13-14H,2-4H2,1H3. The summed E-state index contributed by atoms with van der Waals surface area (Å²) in [5.41, 5.74) is 0.658. The van der Waals surface area contributed by atoms with Crippen LogP contribution in [0.1, 0.15) is 25.0 Å². The van der Waals surface area contributed by atoms with E-state index in [4.69, 9.17) is 0 Å². The van der Waals surface area contributed by atoms with Crippen molar-refractivity contribution < 1.29 is 10.2 Å². The van der Waals surface area contributed by atoms with Gasteiger partial charge in [0.25, 0.3) is 0 Å². The number of halogens is 1. The lowest BCUT2D eigenvalue weighted by atomic mass is 10.1. The van der Waals surface area contributed by atoms with Crippen LogP contribution in [0.25, 0.3) is 0 Å². The molecule has 0 aliphatic carbocycles. The van der Waals surface area contributed by atoms with E-state index in [1.54, 1.807) is 17.1 Å². The van der Waals surface area contributed by atoms with E-state index in [0.717, 1.165) is 13.0 Å². The molecule has 0 aromatic carbocycles. The average molecular weight is 263 g/mol. The van der Waals surface area contributed by atoms with Gasteiger partial charge in [0.2, 0.25) is 0 Å². The van der Waals surface area contributed by atoms with Gasteiger partial charge < -0.3 is 10.2 Å². The zero-order chi connectivity index (χ0) is 10.6. The van der Waals surface area contributed by atoms with Gasteiger partial charge in [0.1, 0.15) is 6.10 Å². The first-order valence-corrected chi connectivity index (χ1v) is 5.75. The normalized spacial score (nSPS) is 15.4. The number of aliphatic hydroxyl groups excluding tert-OH is 2. The van der Waals surface area contributed by atoms with Crippen LogP contribution in [0.4, 0.5) is 0 Å². The Labute approximate surface area is 91.7 Å². The molecule has 0 bridgehead atoms. The third-order valence-corrected chi connectivity index (χ3v) is 2.63. The van der Waals surface area contributed by atoms with Crippen LogP contribution in [-0.4, -0.2) is 31.4 Å². The fraction of sp³-hybridized carbons (Fsp3) is 0.667. The molecule has 14 heavy (non-hydrogen) atoms. The van der Waals surface area contributed by atoms with Gasteiger partial charge in [-0.3, -0.25) is 4.68 Å². The first-order chi connectivity index (χ1) is 6.69. The van der Waals surface area contributed by atoms with Crippen LogP contribution in [0.2, 0.25) is 0 Å². The zero-order valence-electron chi connectivity index (χ0n) is 8.10. The number of aliphatic hydroxyl groups is 2.